The lowest BCUT2D eigenvalue weighted by Gasteiger charge is -2.28. The molecular weight excluding hydrogens is 506 g/mol. The van der Waals surface area contributed by atoms with Crippen LogP contribution < -0.4 is 33.2 Å². The van der Waals surface area contributed by atoms with Crippen molar-refractivity contribution in [3.63, 3.8) is 0 Å². The van der Waals surface area contributed by atoms with Crippen molar-refractivity contribution in [1.29, 1.82) is 0 Å². The lowest BCUT2D eigenvalue weighted by Crippen LogP contribution is -2.59. The number of nitrogens with two attached hydrogens (primary N) is 3. The first kappa shape index (κ1) is 33.2. The zero-order chi connectivity index (χ0) is 29.7. The van der Waals surface area contributed by atoms with Crippen LogP contribution in [-0.2, 0) is 25.6 Å². The Hall–Kier alpha value is -3.87. The SMILES string of the molecule is CCC(C)C(NC(=O)C(N)C(C)C)C(=O)NC(Cc1ccc(O)cc1)C(=O)NC(CCCN=C(N)N)C(=O)O. The van der Waals surface area contributed by atoms with Crippen LogP contribution in [0.5, 0.6) is 5.75 Å². The summed E-state index contributed by atoms with van der Waals surface area (Å²) < 4.78 is 0. The summed E-state index contributed by atoms with van der Waals surface area (Å²) >= 11 is 0. The van der Waals surface area contributed by atoms with Crippen LogP contribution in [0.4, 0.5) is 0 Å². The molecule has 3 amide bonds. The topological polar surface area (TPSA) is 235 Å². The monoisotopic (exact) mass is 549 g/mol. The number of benzene rings is 1. The molecule has 13 nitrogen and oxygen atoms in total. The first-order valence-electron chi connectivity index (χ1n) is 13.0. The quantitative estimate of drug-likeness (QED) is 0.0756. The van der Waals surface area contributed by atoms with Crippen LogP contribution in [0.25, 0.3) is 0 Å². The minimum absolute atomic E-state index is 0.00483. The summed E-state index contributed by atoms with van der Waals surface area (Å²) in [4.78, 5) is 54.9. The molecule has 11 N–H and O–H groups in total. The number of hydrogen-bond donors (Lipinski definition) is 8. The van der Waals surface area contributed by atoms with Crippen LogP contribution in [-0.4, -0.2) is 70.6 Å². The fourth-order valence-electron chi connectivity index (χ4n) is 3.63. The number of aromatic hydroxyl groups is 1. The van der Waals surface area contributed by atoms with Gasteiger partial charge < -0.3 is 43.4 Å². The summed E-state index contributed by atoms with van der Waals surface area (Å²) in [5.41, 5.74) is 17.1. The van der Waals surface area contributed by atoms with Crippen LogP contribution in [0, 0.1) is 11.8 Å². The molecule has 39 heavy (non-hydrogen) atoms. The number of phenols is 1. The number of amides is 3. The summed E-state index contributed by atoms with van der Waals surface area (Å²) in [7, 11) is 0. The Kier molecular flexibility index (Phi) is 13.7. The number of carbonyl (C=O) groups excluding carboxylic acids is 3. The molecule has 5 unspecified atom stereocenters. The molecule has 0 aliphatic heterocycles. The lowest BCUT2D eigenvalue weighted by molar-refractivity contribution is -0.142. The van der Waals surface area contributed by atoms with E-state index in [1.807, 2.05) is 6.92 Å². The van der Waals surface area contributed by atoms with E-state index in [1.165, 1.54) is 12.1 Å². The molecule has 0 spiro atoms. The highest BCUT2D eigenvalue weighted by Gasteiger charge is 2.33. The van der Waals surface area contributed by atoms with Crippen molar-refractivity contribution in [2.24, 2.45) is 34.0 Å². The summed E-state index contributed by atoms with van der Waals surface area (Å²) in [5.74, 6) is -3.61. The van der Waals surface area contributed by atoms with Crippen molar-refractivity contribution in [2.75, 3.05) is 6.54 Å². The van der Waals surface area contributed by atoms with E-state index in [0.29, 0.717) is 18.4 Å². The van der Waals surface area contributed by atoms with E-state index in [9.17, 15) is 29.4 Å². The highest BCUT2D eigenvalue weighted by atomic mass is 16.4. The van der Waals surface area contributed by atoms with E-state index in [-0.39, 0.29) is 42.9 Å². The zero-order valence-electron chi connectivity index (χ0n) is 23.0. The number of guanidine groups is 1. The summed E-state index contributed by atoms with van der Waals surface area (Å²) in [6.07, 6.45) is 0.907. The van der Waals surface area contributed by atoms with Crippen molar-refractivity contribution < 1.29 is 29.4 Å². The van der Waals surface area contributed by atoms with Crippen LogP contribution in [0.2, 0.25) is 0 Å². The predicted molar refractivity (Wildman–Crippen MR) is 147 cm³/mol. The maximum atomic E-state index is 13.4. The van der Waals surface area contributed by atoms with E-state index < -0.39 is 47.9 Å². The Morgan fingerprint density at radius 3 is 2.03 bits per heavy atom. The van der Waals surface area contributed by atoms with Crippen LogP contribution >= 0.6 is 0 Å². The van der Waals surface area contributed by atoms with E-state index in [1.54, 1.807) is 32.9 Å². The van der Waals surface area contributed by atoms with Crippen LogP contribution in [0.3, 0.4) is 0 Å². The molecule has 1 aromatic rings. The first-order chi connectivity index (χ1) is 18.3. The number of rotatable bonds is 16. The molecule has 0 radical (unpaired) electrons. The second-order valence-corrected chi connectivity index (χ2v) is 9.92. The van der Waals surface area contributed by atoms with Crippen LogP contribution in [0.1, 0.15) is 52.5 Å². The van der Waals surface area contributed by atoms with Gasteiger partial charge in [-0.05, 0) is 42.4 Å². The smallest absolute Gasteiger partial charge is 0.326 e. The molecule has 1 rings (SSSR count). The highest BCUT2D eigenvalue weighted by molar-refractivity contribution is 5.94. The van der Waals surface area contributed by atoms with Gasteiger partial charge in [-0.2, -0.15) is 0 Å². The lowest BCUT2D eigenvalue weighted by atomic mass is 9.96. The normalized spacial score (nSPS) is 14.8. The number of carbonyl (C=O) groups is 4. The molecule has 1 aromatic carbocycles. The average Bonchev–Trinajstić information content (AvgIpc) is 2.88. The van der Waals surface area contributed by atoms with Gasteiger partial charge in [0, 0.05) is 13.0 Å². The minimum atomic E-state index is -1.25. The van der Waals surface area contributed by atoms with Gasteiger partial charge in [0.05, 0.1) is 6.04 Å². The van der Waals surface area contributed by atoms with Gasteiger partial charge in [0.2, 0.25) is 17.7 Å². The molecule has 13 heteroatoms. The molecule has 0 heterocycles. The standard InChI is InChI=1S/C26H43N7O6/c1-5-15(4)21(33-23(36)20(27)14(2)3)24(37)32-19(13-16-8-10-17(34)11-9-16)22(35)31-18(25(38)39)7-6-12-30-26(28)29/h8-11,14-15,18-21,34H,5-7,12-13,27H2,1-4H3,(H,31,35)(H,32,37)(H,33,36)(H,38,39)(H4,28,29,30). The Labute approximate surface area is 229 Å². The molecule has 0 saturated carbocycles. The molecule has 0 aliphatic rings. The van der Waals surface area contributed by atoms with Crippen molar-refractivity contribution in [2.45, 2.75) is 77.5 Å². The molecule has 0 fully saturated rings. The predicted octanol–water partition coefficient (Wildman–Crippen LogP) is -0.443. The molecule has 0 saturated heterocycles. The number of nitrogens with one attached hydrogen (secondary N) is 3. The van der Waals surface area contributed by atoms with E-state index in [4.69, 9.17) is 17.2 Å². The fourth-order valence-corrected chi connectivity index (χ4v) is 3.63. The second-order valence-electron chi connectivity index (χ2n) is 9.92. The number of carboxylic acids is 1. The highest BCUT2D eigenvalue weighted by Crippen LogP contribution is 2.14. The first-order valence-corrected chi connectivity index (χ1v) is 13.0. The van der Waals surface area contributed by atoms with Gasteiger partial charge >= 0.3 is 5.97 Å². The molecule has 5 atom stereocenters. The number of aliphatic carboxylic acids is 1. The maximum absolute atomic E-state index is 13.4. The van der Waals surface area contributed by atoms with Gasteiger partial charge in [-0.15, -0.1) is 0 Å². The Balaban J connectivity index is 3.16. The number of nitrogens with zero attached hydrogens (tertiary/aromatic N) is 1. The van der Waals surface area contributed by atoms with Gasteiger partial charge in [-0.3, -0.25) is 19.4 Å². The molecule has 218 valence electrons. The average molecular weight is 550 g/mol. The third kappa shape index (κ3) is 11.6. The molecule has 0 aliphatic carbocycles. The summed E-state index contributed by atoms with van der Waals surface area (Å²) in [6, 6.07) is 1.82. The van der Waals surface area contributed by atoms with Crippen molar-refractivity contribution in [3.05, 3.63) is 29.8 Å². The van der Waals surface area contributed by atoms with E-state index in [2.05, 4.69) is 20.9 Å². The van der Waals surface area contributed by atoms with Crippen LogP contribution in [0.15, 0.2) is 29.3 Å². The fraction of sp³-hybridized carbons (Fsp3) is 0.577. The number of carboxylic acid groups (broad SMARTS) is 1. The maximum Gasteiger partial charge on any atom is 0.326 e. The van der Waals surface area contributed by atoms with E-state index in [0.717, 1.165) is 0 Å². The molecule has 0 aromatic heterocycles. The summed E-state index contributed by atoms with van der Waals surface area (Å²) in [5, 5.41) is 27.1. The second kappa shape index (κ2) is 16.2. The zero-order valence-corrected chi connectivity index (χ0v) is 23.0. The van der Waals surface area contributed by atoms with E-state index >= 15 is 0 Å². The molecular formula is C26H43N7O6. The molecule has 0 bridgehead atoms. The Morgan fingerprint density at radius 2 is 1.51 bits per heavy atom. The number of aliphatic imine (C=N–C) groups is 1. The van der Waals surface area contributed by atoms with Gasteiger partial charge in [-0.25, -0.2) is 4.79 Å². The van der Waals surface area contributed by atoms with Crippen molar-refractivity contribution >= 4 is 29.7 Å². The number of phenolic OH excluding ortho intramolecular Hbond substituents is 1. The van der Waals surface area contributed by atoms with Crippen molar-refractivity contribution in [1.82, 2.24) is 16.0 Å². The Bertz CT molecular complexity index is 995. The third-order valence-electron chi connectivity index (χ3n) is 6.38. The van der Waals surface area contributed by atoms with Crippen molar-refractivity contribution in [3.8, 4) is 5.75 Å². The third-order valence-corrected chi connectivity index (χ3v) is 6.38. The Morgan fingerprint density at radius 1 is 0.923 bits per heavy atom. The summed E-state index contributed by atoms with van der Waals surface area (Å²) in [6.45, 7) is 7.41. The van der Waals surface area contributed by atoms with Gasteiger partial charge in [0.1, 0.15) is 23.9 Å². The minimum Gasteiger partial charge on any atom is -0.508 e. The van der Waals surface area contributed by atoms with Gasteiger partial charge in [-0.1, -0.05) is 46.2 Å². The number of hydrogen-bond acceptors (Lipinski definition) is 7. The largest absolute Gasteiger partial charge is 0.508 e. The van der Waals surface area contributed by atoms with Gasteiger partial charge in [0.25, 0.3) is 0 Å². The van der Waals surface area contributed by atoms with Gasteiger partial charge in [0.15, 0.2) is 5.96 Å².